The number of aliphatic carboxylic acids is 1. The largest absolute Gasteiger partial charge is 0.546 e. The number of terminal acetylenes is 1. The number of carbonyl (C=O) groups is 1. The van der Waals surface area contributed by atoms with Gasteiger partial charge in [-0.25, -0.2) is 4.39 Å². The Labute approximate surface area is 91.8 Å². The van der Waals surface area contributed by atoms with Gasteiger partial charge < -0.3 is 14.6 Å². The molecule has 0 amide bonds. The van der Waals surface area contributed by atoms with Gasteiger partial charge in [-0.15, -0.1) is 6.42 Å². The summed E-state index contributed by atoms with van der Waals surface area (Å²) < 4.78 is 18.3. The summed E-state index contributed by atoms with van der Waals surface area (Å²) in [4.78, 5) is 10.7. The van der Waals surface area contributed by atoms with Crippen LogP contribution in [0.4, 0.5) is 4.39 Å². The Kier molecular flexibility index (Phi) is 2.53. The highest BCUT2D eigenvalue weighted by atomic mass is 19.1. The van der Waals surface area contributed by atoms with E-state index in [-0.39, 0.29) is 17.7 Å². The number of hydrogen-bond donors (Lipinski definition) is 0. The summed E-state index contributed by atoms with van der Waals surface area (Å²) in [7, 11) is 0. The zero-order valence-electron chi connectivity index (χ0n) is 8.33. The molecule has 0 radical (unpaired) electrons. The van der Waals surface area contributed by atoms with Crippen LogP contribution in [0.15, 0.2) is 12.1 Å². The molecule has 2 rings (SSSR count). The van der Waals surface area contributed by atoms with Crippen molar-refractivity contribution in [3.8, 4) is 18.1 Å². The van der Waals surface area contributed by atoms with Gasteiger partial charge in [-0.05, 0) is 30.5 Å². The summed E-state index contributed by atoms with van der Waals surface area (Å²) >= 11 is 0. The molecule has 3 nitrogen and oxygen atoms in total. The number of carboxylic acid groups (broad SMARTS) is 1. The van der Waals surface area contributed by atoms with Crippen molar-refractivity contribution in [3.63, 3.8) is 0 Å². The molecule has 0 N–H and O–H groups in total. The molecule has 1 unspecified atom stereocenters. The zero-order valence-corrected chi connectivity index (χ0v) is 8.33. The number of halogens is 1. The summed E-state index contributed by atoms with van der Waals surface area (Å²) in [6, 6.07) is 2.46. The van der Waals surface area contributed by atoms with Gasteiger partial charge in [0.05, 0.1) is 11.5 Å². The normalized spacial score (nSPS) is 18.1. The van der Waals surface area contributed by atoms with Gasteiger partial charge in [0.25, 0.3) is 0 Å². The molecule has 0 aliphatic carbocycles. The number of carboxylic acids is 1. The molecule has 16 heavy (non-hydrogen) atoms. The van der Waals surface area contributed by atoms with Crippen LogP contribution in [0.1, 0.15) is 17.5 Å². The lowest BCUT2D eigenvalue weighted by Crippen LogP contribution is -2.41. The second-order valence-electron chi connectivity index (χ2n) is 3.55. The van der Waals surface area contributed by atoms with Gasteiger partial charge in [-0.1, -0.05) is 5.92 Å². The molecule has 1 aliphatic rings. The average molecular weight is 219 g/mol. The highest BCUT2D eigenvalue weighted by Crippen LogP contribution is 2.31. The van der Waals surface area contributed by atoms with Crippen LogP contribution in [0.2, 0.25) is 0 Å². The summed E-state index contributed by atoms with van der Waals surface area (Å²) in [5.74, 6) is 0.837. The molecular formula is C12H8FO3-. The molecule has 1 aromatic carbocycles. The van der Waals surface area contributed by atoms with Crippen molar-refractivity contribution >= 4 is 5.97 Å². The molecule has 1 aliphatic heterocycles. The van der Waals surface area contributed by atoms with Crippen molar-refractivity contribution in [2.75, 3.05) is 0 Å². The van der Waals surface area contributed by atoms with Gasteiger partial charge in [0, 0.05) is 0 Å². The molecule has 0 fully saturated rings. The molecule has 0 saturated heterocycles. The monoisotopic (exact) mass is 219 g/mol. The van der Waals surface area contributed by atoms with Crippen LogP contribution >= 0.6 is 0 Å². The predicted octanol–water partition coefficient (Wildman–Crippen LogP) is 0.250. The molecule has 1 atom stereocenters. The Morgan fingerprint density at radius 3 is 3.00 bits per heavy atom. The fourth-order valence-electron chi connectivity index (χ4n) is 1.74. The molecule has 1 heterocycles. The molecule has 1 aromatic rings. The smallest absolute Gasteiger partial charge is 0.139 e. The van der Waals surface area contributed by atoms with Crippen molar-refractivity contribution in [2.45, 2.75) is 18.9 Å². The van der Waals surface area contributed by atoms with E-state index in [1.165, 1.54) is 6.07 Å². The second-order valence-corrected chi connectivity index (χ2v) is 3.55. The zero-order chi connectivity index (χ0) is 11.7. The molecule has 0 saturated carbocycles. The Balaban J connectivity index is 2.45. The van der Waals surface area contributed by atoms with Gasteiger partial charge in [0.1, 0.15) is 17.7 Å². The van der Waals surface area contributed by atoms with Crippen LogP contribution in [0.25, 0.3) is 0 Å². The summed E-state index contributed by atoms with van der Waals surface area (Å²) in [5, 5.41) is 10.7. The van der Waals surface area contributed by atoms with E-state index in [0.29, 0.717) is 12.0 Å². The third kappa shape index (κ3) is 1.72. The highest BCUT2D eigenvalue weighted by molar-refractivity contribution is 5.71. The molecule has 0 spiro atoms. The maximum Gasteiger partial charge on any atom is 0.139 e. The SMILES string of the molecule is C#Cc1cc(F)cc2c1OC(C(=O)[O-])CC2. The standard InChI is InChI=1S/C12H9FO3/c1-2-7-5-9(13)6-8-3-4-10(12(14)15)16-11(7)8/h1,5-6,10H,3-4H2,(H,14,15)/p-1. The van der Waals surface area contributed by atoms with Crippen molar-refractivity contribution in [1.82, 2.24) is 0 Å². The first-order valence-corrected chi connectivity index (χ1v) is 4.78. The van der Waals surface area contributed by atoms with Crippen molar-refractivity contribution < 1.29 is 19.0 Å². The fraction of sp³-hybridized carbons (Fsp3) is 0.250. The average Bonchev–Trinajstić information content (AvgIpc) is 2.27. The third-order valence-electron chi connectivity index (χ3n) is 2.48. The van der Waals surface area contributed by atoms with Gasteiger partial charge in [0.2, 0.25) is 0 Å². The van der Waals surface area contributed by atoms with E-state index >= 15 is 0 Å². The van der Waals surface area contributed by atoms with Gasteiger partial charge in [-0.2, -0.15) is 0 Å². The number of carbonyl (C=O) groups excluding carboxylic acids is 1. The van der Waals surface area contributed by atoms with Crippen molar-refractivity contribution in [2.24, 2.45) is 0 Å². The minimum Gasteiger partial charge on any atom is -0.546 e. The second kappa shape index (κ2) is 3.86. The molecule has 0 aromatic heterocycles. The van der Waals surface area contributed by atoms with Crippen LogP contribution in [0.5, 0.6) is 5.75 Å². The van der Waals surface area contributed by atoms with Gasteiger partial charge >= 0.3 is 0 Å². The number of rotatable bonds is 1. The summed E-state index contributed by atoms with van der Waals surface area (Å²) in [5.41, 5.74) is 0.839. The van der Waals surface area contributed by atoms with Crippen LogP contribution in [0.3, 0.4) is 0 Å². The number of hydrogen-bond acceptors (Lipinski definition) is 3. The van der Waals surface area contributed by atoms with Crippen LogP contribution < -0.4 is 9.84 Å². The summed E-state index contributed by atoms with van der Waals surface area (Å²) in [6.07, 6.45) is 4.88. The molecule has 82 valence electrons. The first-order valence-electron chi connectivity index (χ1n) is 4.78. The van der Waals surface area contributed by atoms with E-state index in [9.17, 15) is 14.3 Å². The van der Waals surface area contributed by atoms with Gasteiger partial charge in [0.15, 0.2) is 0 Å². The Morgan fingerprint density at radius 2 is 2.38 bits per heavy atom. The van der Waals surface area contributed by atoms with Crippen LogP contribution in [-0.2, 0) is 11.2 Å². The predicted molar refractivity (Wildman–Crippen MR) is 52.1 cm³/mol. The minimum atomic E-state index is -1.28. The maximum absolute atomic E-state index is 13.1. The highest BCUT2D eigenvalue weighted by Gasteiger charge is 2.23. The van der Waals surface area contributed by atoms with Crippen molar-refractivity contribution in [1.29, 1.82) is 0 Å². The lowest BCUT2D eigenvalue weighted by molar-refractivity contribution is -0.314. The molecule has 0 bridgehead atoms. The van der Waals surface area contributed by atoms with E-state index < -0.39 is 17.9 Å². The van der Waals surface area contributed by atoms with E-state index in [0.717, 1.165) is 6.07 Å². The van der Waals surface area contributed by atoms with Crippen LogP contribution in [-0.4, -0.2) is 12.1 Å². The first kappa shape index (κ1) is 10.5. The third-order valence-corrected chi connectivity index (χ3v) is 2.48. The van der Waals surface area contributed by atoms with E-state index in [1.807, 2.05) is 0 Å². The van der Waals surface area contributed by atoms with Gasteiger partial charge in [-0.3, -0.25) is 0 Å². The number of aryl methyl sites for hydroxylation is 1. The Hall–Kier alpha value is -2.02. The number of ether oxygens (including phenoxy) is 1. The number of benzene rings is 1. The summed E-state index contributed by atoms with van der Waals surface area (Å²) in [6.45, 7) is 0. The van der Waals surface area contributed by atoms with E-state index in [2.05, 4.69) is 5.92 Å². The Bertz CT molecular complexity index is 488. The van der Waals surface area contributed by atoms with E-state index in [1.54, 1.807) is 0 Å². The molecular weight excluding hydrogens is 211 g/mol. The quantitative estimate of drug-likeness (QED) is 0.636. The topological polar surface area (TPSA) is 49.4 Å². The molecule has 4 heteroatoms. The number of fused-ring (bicyclic) bond motifs is 1. The minimum absolute atomic E-state index is 0.237. The lowest BCUT2D eigenvalue weighted by atomic mass is 9.99. The maximum atomic E-state index is 13.1. The lowest BCUT2D eigenvalue weighted by Gasteiger charge is -2.27. The van der Waals surface area contributed by atoms with Crippen molar-refractivity contribution in [3.05, 3.63) is 29.1 Å². The van der Waals surface area contributed by atoms with E-state index in [4.69, 9.17) is 11.2 Å². The first-order chi connectivity index (χ1) is 7.61. The fourth-order valence-corrected chi connectivity index (χ4v) is 1.74. The Morgan fingerprint density at radius 1 is 1.62 bits per heavy atom. The van der Waals surface area contributed by atoms with Crippen LogP contribution in [0, 0.1) is 18.2 Å².